The summed E-state index contributed by atoms with van der Waals surface area (Å²) >= 11 is 0. The van der Waals surface area contributed by atoms with Crippen molar-refractivity contribution in [2.45, 2.75) is 69.0 Å². The van der Waals surface area contributed by atoms with E-state index >= 15 is 0 Å². The highest BCUT2D eigenvalue weighted by atomic mass is 32.2. The SMILES string of the molecule is CN(CCCS(=O)(=O)N1[C@@H]2CC[C@H]1CC(NC(=O)c1cc(C3CC3)on1)C2)CCN1CCOCC1. The summed E-state index contributed by atoms with van der Waals surface area (Å²) in [6.45, 7) is 6.24. The maximum atomic E-state index is 13.2. The van der Waals surface area contributed by atoms with Crippen molar-refractivity contribution < 1.29 is 22.5 Å². The number of carbonyl (C=O) groups is 1. The van der Waals surface area contributed by atoms with Crippen molar-refractivity contribution in [3.63, 3.8) is 0 Å². The van der Waals surface area contributed by atoms with E-state index in [0.29, 0.717) is 30.9 Å². The maximum absolute atomic E-state index is 13.2. The van der Waals surface area contributed by atoms with Gasteiger partial charge in [-0.3, -0.25) is 9.69 Å². The lowest BCUT2D eigenvalue weighted by atomic mass is 9.99. The van der Waals surface area contributed by atoms with E-state index < -0.39 is 10.0 Å². The Morgan fingerprint density at radius 2 is 1.86 bits per heavy atom. The Hall–Kier alpha value is -1.53. The molecule has 3 saturated heterocycles. The fourth-order valence-electron chi connectivity index (χ4n) is 5.79. The number of likely N-dealkylation sites (N-methyl/N-ethyl adjacent to an activating group) is 1. The molecule has 0 spiro atoms. The van der Waals surface area contributed by atoms with Crippen LogP contribution in [0.4, 0.5) is 0 Å². The second-order valence-electron chi connectivity index (χ2n) is 10.7. The molecule has 10 nitrogen and oxygen atoms in total. The van der Waals surface area contributed by atoms with E-state index in [2.05, 4.69) is 27.3 Å². The predicted molar refractivity (Wildman–Crippen MR) is 131 cm³/mol. The number of fused-ring (bicyclic) bond motifs is 2. The molecule has 3 aliphatic heterocycles. The Labute approximate surface area is 208 Å². The lowest BCUT2D eigenvalue weighted by Crippen LogP contribution is -2.53. The highest BCUT2D eigenvalue weighted by Gasteiger charge is 2.46. The average Bonchev–Trinajstić information content (AvgIpc) is 3.49. The van der Waals surface area contributed by atoms with Gasteiger partial charge in [0.2, 0.25) is 10.0 Å². The average molecular weight is 510 g/mol. The lowest BCUT2D eigenvalue weighted by molar-refractivity contribution is 0.0345. The highest BCUT2D eigenvalue weighted by Crippen LogP contribution is 2.40. The minimum atomic E-state index is -3.31. The molecule has 1 aromatic heterocycles. The molecule has 0 radical (unpaired) electrons. The van der Waals surface area contributed by atoms with Crippen LogP contribution in [-0.4, -0.2) is 110 Å². The lowest BCUT2D eigenvalue weighted by Gasteiger charge is -2.38. The van der Waals surface area contributed by atoms with Crippen molar-refractivity contribution in [1.82, 2.24) is 24.6 Å². The van der Waals surface area contributed by atoms with E-state index in [1.54, 1.807) is 10.4 Å². The van der Waals surface area contributed by atoms with Gasteiger partial charge in [0.15, 0.2) is 5.69 Å². The van der Waals surface area contributed by atoms with Gasteiger partial charge in [-0.05, 0) is 58.5 Å². The molecule has 35 heavy (non-hydrogen) atoms. The zero-order valence-electron chi connectivity index (χ0n) is 20.7. The zero-order chi connectivity index (χ0) is 24.4. The number of piperidine rings is 1. The van der Waals surface area contributed by atoms with Gasteiger partial charge in [0.1, 0.15) is 5.76 Å². The monoisotopic (exact) mass is 509 g/mol. The number of hydrogen-bond donors (Lipinski definition) is 1. The van der Waals surface area contributed by atoms with Crippen LogP contribution in [0.3, 0.4) is 0 Å². The third kappa shape index (κ3) is 6.25. The largest absolute Gasteiger partial charge is 0.379 e. The molecular formula is C24H39N5O5S. The molecule has 5 rings (SSSR count). The van der Waals surface area contributed by atoms with Gasteiger partial charge in [0.25, 0.3) is 5.91 Å². The third-order valence-electron chi connectivity index (χ3n) is 7.91. The van der Waals surface area contributed by atoms with Gasteiger partial charge in [-0.2, -0.15) is 4.31 Å². The van der Waals surface area contributed by atoms with Crippen LogP contribution >= 0.6 is 0 Å². The quantitative estimate of drug-likeness (QED) is 0.475. The molecule has 11 heteroatoms. The van der Waals surface area contributed by atoms with Crippen molar-refractivity contribution in [2.75, 3.05) is 58.7 Å². The summed E-state index contributed by atoms with van der Waals surface area (Å²) in [6, 6.07) is 1.67. The smallest absolute Gasteiger partial charge is 0.273 e. The van der Waals surface area contributed by atoms with Gasteiger partial charge in [-0.15, -0.1) is 0 Å². The summed E-state index contributed by atoms with van der Waals surface area (Å²) < 4.78 is 38.9. The van der Waals surface area contributed by atoms with Crippen molar-refractivity contribution >= 4 is 15.9 Å². The fourth-order valence-corrected chi connectivity index (χ4v) is 7.79. The normalized spacial score (nSPS) is 28.0. The molecular weight excluding hydrogens is 470 g/mol. The number of hydrogen-bond acceptors (Lipinski definition) is 8. The van der Waals surface area contributed by atoms with Crippen LogP contribution in [0, 0.1) is 0 Å². The van der Waals surface area contributed by atoms with Crippen LogP contribution in [0.5, 0.6) is 0 Å². The predicted octanol–water partition coefficient (Wildman–Crippen LogP) is 1.26. The number of aromatic nitrogens is 1. The van der Waals surface area contributed by atoms with Crippen LogP contribution in [0.15, 0.2) is 10.6 Å². The molecule has 196 valence electrons. The number of nitrogens with one attached hydrogen (secondary N) is 1. The maximum Gasteiger partial charge on any atom is 0.273 e. The molecule has 4 aliphatic rings. The third-order valence-corrected chi connectivity index (χ3v) is 9.95. The fraction of sp³-hybridized carbons (Fsp3) is 0.833. The number of amides is 1. The molecule has 1 N–H and O–H groups in total. The standard InChI is InChI=1S/C24H39N5O5S/c1-27(8-9-28-10-12-33-13-11-28)7-2-14-35(31,32)29-20-5-6-21(29)16-19(15-20)25-24(30)22-17-23(34-26-22)18-3-4-18/h17-21H,2-16H2,1H3,(H,25,30)/t19?,20-,21+. The molecule has 4 heterocycles. The summed E-state index contributed by atoms with van der Waals surface area (Å²) in [5.74, 6) is 1.17. The second kappa shape index (κ2) is 10.8. The Bertz CT molecular complexity index is 961. The van der Waals surface area contributed by atoms with Crippen LogP contribution < -0.4 is 5.32 Å². The van der Waals surface area contributed by atoms with Gasteiger partial charge < -0.3 is 19.5 Å². The zero-order valence-corrected chi connectivity index (χ0v) is 21.5. The van der Waals surface area contributed by atoms with E-state index in [9.17, 15) is 13.2 Å². The van der Waals surface area contributed by atoms with Gasteiger partial charge in [0.05, 0.1) is 19.0 Å². The summed E-state index contributed by atoms with van der Waals surface area (Å²) in [7, 11) is -1.25. The summed E-state index contributed by atoms with van der Waals surface area (Å²) in [5.41, 5.74) is 0.326. The Balaban J connectivity index is 1.06. The minimum Gasteiger partial charge on any atom is -0.379 e. The van der Waals surface area contributed by atoms with E-state index in [-0.39, 0.29) is 29.8 Å². The summed E-state index contributed by atoms with van der Waals surface area (Å²) in [4.78, 5) is 17.3. The second-order valence-corrected chi connectivity index (χ2v) is 12.7. The molecule has 0 aromatic carbocycles. The first-order valence-electron chi connectivity index (χ1n) is 13.2. The summed E-state index contributed by atoms with van der Waals surface area (Å²) in [6.07, 6.45) is 5.88. The molecule has 1 amide bonds. The Morgan fingerprint density at radius 3 is 2.54 bits per heavy atom. The van der Waals surface area contributed by atoms with Crippen LogP contribution in [0.25, 0.3) is 0 Å². The Kier molecular flexibility index (Phi) is 7.78. The van der Waals surface area contributed by atoms with E-state index in [1.165, 1.54) is 0 Å². The highest BCUT2D eigenvalue weighted by molar-refractivity contribution is 7.89. The molecule has 1 aromatic rings. The first-order chi connectivity index (χ1) is 16.9. The van der Waals surface area contributed by atoms with E-state index in [4.69, 9.17) is 9.26 Å². The van der Waals surface area contributed by atoms with E-state index in [1.807, 2.05) is 0 Å². The molecule has 2 bridgehead atoms. The van der Waals surface area contributed by atoms with Gasteiger partial charge in [-0.25, -0.2) is 8.42 Å². The minimum absolute atomic E-state index is 0.0255. The van der Waals surface area contributed by atoms with Crippen LogP contribution in [0.1, 0.15) is 67.1 Å². The van der Waals surface area contributed by atoms with Gasteiger partial charge in [0, 0.05) is 56.3 Å². The van der Waals surface area contributed by atoms with Crippen LogP contribution in [0.2, 0.25) is 0 Å². The van der Waals surface area contributed by atoms with Crippen LogP contribution in [-0.2, 0) is 14.8 Å². The number of nitrogens with zero attached hydrogens (tertiary/aromatic N) is 4. The first-order valence-corrected chi connectivity index (χ1v) is 14.8. The van der Waals surface area contributed by atoms with E-state index in [0.717, 1.165) is 77.4 Å². The number of sulfonamides is 1. The molecule has 3 atom stereocenters. The first kappa shape index (κ1) is 25.1. The number of rotatable bonds is 11. The van der Waals surface area contributed by atoms with Crippen molar-refractivity contribution in [3.8, 4) is 0 Å². The topological polar surface area (TPSA) is 108 Å². The molecule has 1 aliphatic carbocycles. The number of morpholine rings is 1. The van der Waals surface area contributed by atoms with Gasteiger partial charge in [-0.1, -0.05) is 5.16 Å². The van der Waals surface area contributed by atoms with Crippen molar-refractivity contribution in [3.05, 3.63) is 17.5 Å². The summed E-state index contributed by atoms with van der Waals surface area (Å²) in [5, 5.41) is 7.01. The van der Waals surface area contributed by atoms with Crippen molar-refractivity contribution in [2.24, 2.45) is 0 Å². The van der Waals surface area contributed by atoms with Crippen molar-refractivity contribution in [1.29, 1.82) is 0 Å². The molecule has 4 fully saturated rings. The number of ether oxygens (including phenoxy) is 1. The van der Waals surface area contributed by atoms with Gasteiger partial charge >= 0.3 is 0 Å². The molecule has 1 unspecified atom stereocenters. The Morgan fingerprint density at radius 1 is 1.14 bits per heavy atom. The number of carbonyl (C=O) groups excluding carboxylic acids is 1. The molecule has 1 saturated carbocycles.